The first-order valence-corrected chi connectivity index (χ1v) is 20.8. The van der Waals surface area contributed by atoms with Crippen LogP contribution < -0.4 is 0 Å². The van der Waals surface area contributed by atoms with Crippen molar-refractivity contribution in [2.24, 2.45) is 0 Å². The van der Waals surface area contributed by atoms with Crippen molar-refractivity contribution >= 4 is 11.4 Å². The molecule has 0 radical (unpaired) electrons. The van der Waals surface area contributed by atoms with Crippen molar-refractivity contribution < 1.29 is 19.2 Å². The van der Waals surface area contributed by atoms with E-state index in [1.807, 2.05) is 14.4 Å². The second-order valence-electron chi connectivity index (χ2n) is 12.9. The molecule has 0 unspecified atom stereocenters. The Morgan fingerprint density at radius 1 is 0.596 bits per heavy atom. The van der Waals surface area contributed by atoms with Crippen LogP contribution in [0.15, 0.2) is 59.7 Å². The van der Waals surface area contributed by atoms with Gasteiger partial charge in [0.1, 0.15) is 0 Å². The van der Waals surface area contributed by atoms with Crippen LogP contribution in [0.3, 0.4) is 0 Å². The van der Waals surface area contributed by atoms with E-state index in [2.05, 4.69) is 101 Å². The Bertz CT molecular complexity index is 1170. The average Bonchev–Trinajstić information content (AvgIpc) is 3.10. The van der Waals surface area contributed by atoms with Gasteiger partial charge in [-0.2, -0.15) is 0 Å². The van der Waals surface area contributed by atoms with Gasteiger partial charge in [0.25, 0.3) is 0 Å². The molecule has 0 saturated carbocycles. The van der Waals surface area contributed by atoms with E-state index in [0.717, 1.165) is 56.9 Å². The second kappa shape index (κ2) is 29.9. The summed E-state index contributed by atoms with van der Waals surface area (Å²) in [6.45, 7) is 13.5. The first-order chi connectivity index (χ1) is 23.1. The predicted octanol–water partition coefficient (Wildman–Crippen LogP) is 14.4. The molecule has 3 heteroatoms. The van der Waals surface area contributed by atoms with Crippen LogP contribution >= 0.6 is 0 Å². The SMILES string of the molecule is CCCCCCCCc1cccc(C(=C(CCCC)C(=C=[N+]=[N-])CCCC)c2cccc(CC)c2)c1.CCCC[CH2][Ni][CH2]CCCC. The first kappa shape index (κ1) is 42.9. The minimum atomic E-state index is 0.883. The molecule has 2 aromatic carbocycles. The molecule has 47 heavy (non-hydrogen) atoms. The van der Waals surface area contributed by atoms with Gasteiger partial charge < -0.3 is 5.53 Å². The molecule has 0 fully saturated rings. The van der Waals surface area contributed by atoms with Crippen LogP contribution in [-0.2, 0) is 27.3 Å². The fraction of sp³-hybridized carbons (Fsp3) is 0.636. The molecule has 0 heterocycles. The summed E-state index contributed by atoms with van der Waals surface area (Å²) in [5.74, 6) is 2.99. The summed E-state index contributed by atoms with van der Waals surface area (Å²) in [5, 5.41) is 2.81. The Kier molecular flexibility index (Phi) is 27.3. The second-order valence-corrected chi connectivity index (χ2v) is 14.4. The maximum absolute atomic E-state index is 9.50. The van der Waals surface area contributed by atoms with Crippen molar-refractivity contribution in [2.75, 3.05) is 0 Å². The van der Waals surface area contributed by atoms with E-state index in [1.165, 1.54) is 121 Å². The third-order valence-electron chi connectivity index (χ3n) is 8.72. The zero-order valence-corrected chi connectivity index (χ0v) is 32.4. The molecule has 0 bridgehead atoms. The topological polar surface area (TPSA) is 36.4 Å². The molecular weight excluding hydrogens is 615 g/mol. The van der Waals surface area contributed by atoms with E-state index in [0.29, 0.717) is 0 Å². The normalized spacial score (nSPS) is 11.4. The Morgan fingerprint density at radius 2 is 1.11 bits per heavy atom. The van der Waals surface area contributed by atoms with Crippen LogP contribution in [-0.4, -0.2) is 10.7 Å². The van der Waals surface area contributed by atoms with Gasteiger partial charge in [0.05, 0.1) is 5.57 Å². The van der Waals surface area contributed by atoms with Gasteiger partial charge in [0.15, 0.2) is 0 Å². The molecule has 0 spiro atoms. The Labute approximate surface area is 297 Å². The molecule has 2 aromatic rings. The monoisotopic (exact) mass is 684 g/mol. The number of benzene rings is 2. The molecule has 2 rings (SSSR count). The van der Waals surface area contributed by atoms with Gasteiger partial charge in [-0.15, -0.1) is 4.79 Å². The summed E-state index contributed by atoms with van der Waals surface area (Å²) in [7, 11) is 0. The summed E-state index contributed by atoms with van der Waals surface area (Å²) >= 11 is 1.97. The number of allylic oxidation sites excluding steroid dienone is 2. The van der Waals surface area contributed by atoms with Crippen molar-refractivity contribution in [3.63, 3.8) is 0 Å². The van der Waals surface area contributed by atoms with Gasteiger partial charge in [-0.3, -0.25) is 0 Å². The first-order valence-electron chi connectivity index (χ1n) is 19.4. The van der Waals surface area contributed by atoms with Crippen molar-refractivity contribution in [3.8, 4) is 0 Å². The summed E-state index contributed by atoms with van der Waals surface area (Å²) < 4.78 is 0. The Morgan fingerprint density at radius 3 is 1.68 bits per heavy atom. The van der Waals surface area contributed by atoms with Gasteiger partial charge in [-0.05, 0) is 78.3 Å². The minimum absolute atomic E-state index is 0.883. The quantitative estimate of drug-likeness (QED) is 0.0249. The maximum atomic E-state index is 9.50. The van der Waals surface area contributed by atoms with E-state index in [-0.39, 0.29) is 0 Å². The van der Waals surface area contributed by atoms with E-state index in [4.69, 9.17) is 0 Å². The number of hydrogen-bond acceptors (Lipinski definition) is 0. The zero-order valence-electron chi connectivity index (χ0n) is 31.4. The molecule has 2 nitrogen and oxygen atoms in total. The summed E-state index contributed by atoms with van der Waals surface area (Å²) in [4.78, 5) is 3.39. The molecule has 0 aliphatic rings. The molecule has 0 atom stereocenters. The molecular formula is C44H70N2Ni. The number of aryl methyl sites for hydroxylation is 2. The summed E-state index contributed by atoms with van der Waals surface area (Å²) in [5.41, 5.74) is 18.4. The van der Waals surface area contributed by atoms with E-state index >= 15 is 0 Å². The number of nitrogens with zero attached hydrogens (tertiary/aromatic N) is 2. The van der Waals surface area contributed by atoms with Crippen LogP contribution in [0.25, 0.3) is 11.1 Å². The van der Waals surface area contributed by atoms with Crippen LogP contribution in [0.4, 0.5) is 0 Å². The summed E-state index contributed by atoms with van der Waals surface area (Å²) in [6, 6.07) is 18.1. The molecule has 0 aliphatic heterocycles. The summed E-state index contributed by atoms with van der Waals surface area (Å²) in [6.07, 6.45) is 24.7. The molecule has 0 saturated heterocycles. The fourth-order valence-electron chi connectivity index (χ4n) is 5.82. The van der Waals surface area contributed by atoms with Gasteiger partial charge in [0.2, 0.25) is 0 Å². The van der Waals surface area contributed by atoms with Crippen LogP contribution in [0.1, 0.15) is 179 Å². The van der Waals surface area contributed by atoms with Crippen molar-refractivity contribution in [2.45, 2.75) is 181 Å². The number of unbranched alkanes of at least 4 members (excludes halogenated alkanes) is 11. The van der Waals surface area contributed by atoms with Crippen molar-refractivity contribution in [3.05, 3.63) is 87.5 Å². The third kappa shape index (κ3) is 19.4. The van der Waals surface area contributed by atoms with E-state index in [9.17, 15) is 5.53 Å². The van der Waals surface area contributed by atoms with Crippen molar-refractivity contribution in [1.82, 2.24) is 0 Å². The molecule has 266 valence electrons. The van der Waals surface area contributed by atoms with E-state index in [1.54, 1.807) is 0 Å². The van der Waals surface area contributed by atoms with Crippen molar-refractivity contribution in [1.29, 1.82) is 0 Å². The molecule has 0 N–H and O–H groups in total. The predicted molar refractivity (Wildman–Crippen MR) is 205 cm³/mol. The fourth-order valence-corrected chi connectivity index (χ4v) is 7.05. The van der Waals surface area contributed by atoms with Gasteiger partial charge in [-0.25, -0.2) is 0 Å². The Balaban J connectivity index is 0.000000856. The standard InChI is InChI=1S/C34H48N2.2C5H11.Ni/c1-5-9-12-13-14-15-18-29-20-17-23-31(26-29)34(30-22-16-19-28(8-4)25-30)33(24-11-7-3)32(27-36-35)21-10-6-2;2*1-3-5-4-2;/h16-17,19-20,22-23,25-26H,5-15,18,21,24H2,1-4H3;2*1,3-5H2,2H3;. The molecule has 0 aromatic heterocycles. The van der Waals surface area contributed by atoms with Crippen LogP contribution in [0.5, 0.6) is 0 Å². The van der Waals surface area contributed by atoms with Gasteiger partial charge in [0, 0.05) is 0 Å². The van der Waals surface area contributed by atoms with Gasteiger partial charge >= 0.3 is 83.5 Å². The third-order valence-corrected chi connectivity index (χ3v) is 10.1. The number of rotatable bonds is 25. The molecule has 0 aliphatic carbocycles. The van der Waals surface area contributed by atoms with Gasteiger partial charge in [-0.1, -0.05) is 121 Å². The van der Waals surface area contributed by atoms with Crippen LogP contribution in [0, 0.1) is 0 Å². The Hall–Kier alpha value is -2.17. The zero-order chi connectivity index (χ0) is 34.4. The van der Waals surface area contributed by atoms with Crippen LogP contribution in [0.2, 0.25) is 10.8 Å². The average molecular weight is 686 g/mol. The van der Waals surface area contributed by atoms with E-state index < -0.39 is 0 Å². The number of hydrogen-bond donors (Lipinski definition) is 0. The molecule has 0 amide bonds.